The lowest BCUT2D eigenvalue weighted by Crippen LogP contribution is -2.44. The summed E-state index contributed by atoms with van der Waals surface area (Å²) in [5.74, 6) is -0.0863. The number of hydrogen-bond donors (Lipinski definition) is 2. The zero-order chi connectivity index (χ0) is 13.5. The van der Waals surface area contributed by atoms with Gasteiger partial charge in [-0.1, -0.05) is 0 Å². The van der Waals surface area contributed by atoms with Crippen LogP contribution in [0.3, 0.4) is 0 Å². The van der Waals surface area contributed by atoms with E-state index < -0.39 is 0 Å². The molecule has 1 fully saturated rings. The van der Waals surface area contributed by atoms with E-state index in [0.717, 1.165) is 6.42 Å². The Balaban J connectivity index is 2.40. The first-order valence-electron chi connectivity index (χ1n) is 6.03. The molecule has 1 rings (SSSR count). The van der Waals surface area contributed by atoms with Gasteiger partial charge < -0.3 is 20.4 Å². The second-order valence-electron chi connectivity index (χ2n) is 4.17. The van der Waals surface area contributed by atoms with Gasteiger partial charge in [-0.25, -0.2) is 4.79 Å². The summed E-state index contributed by atoms with van der Waals surface area (Å²) in [4.78, 5) is 37.4. The number of nitrogens with one attached hydrogen (secondary N) is 2. The van der Waals surface area contributed by atoms with Crippen LogP contribution in [-0.2, 0) is 9.59 Å². The summed E-state index contributed by atoms with van der Waals surface area (Å²) in [6, 6.07) is -0.372. The number of rotatable bonds is 2. The number of carbonyl (C=O) groups excluding carboxylic acids is 3. The molecule has 0 bridgehead atoms. The number of amides is 4. The van der Waals surface area contributed by atoms with Crippen molar-refractivity contribution in [3.8, 4) is 0 Å². The van der Waals surface area contributed by atoms with Gasteiger partial charge in [-0.05, 0) is 6.42 Å². The minimum Gasteiger partial charge on any atom is -0.341 e. The third kappa shape index (κ3) is 4.23. The molecule has 102 valence electrons. The molecular weight excluding hydrogens is 236 g/mol. The summed E-state index contributed by atoms with van der Waals surface area (Å²) < 4.78 is 0. The van der Waals surface area contributed by atoms with Gasteiger partial charge in [0.25, 0.3) is 0 Å². The van der Waals surface area contributed by atoms with Gasteiger partial charge in [0.2, 0.25) is 11.8 Å². The molecule has 0 spiro atoms. The second kappa shape index (κ2) is 6.83. The Hall–Kier alpha value is -1.79. The van der Waals surface area contributed by atoms with Crippen molar-refractivity contribution in [2.24, 2.45) is 0 Å². The zero-order valence-corrected chi connectivity index (χ0v) is 10.9. The lowest BCUT2D eigenvalue weighted by Gasteiger charge is -2.21. The Morgan fingerprint density at radius 3 is 2.28 bits per heavy atom. The minimum absolute atomic E-state index is 0.0141. The second-order valence-corrected chi connectivity index (χ2v) is 4.17. The largest absolute Gasteiger partial charge is 0.341 e. The summed E-state index contributed by atoms with van der Waals surface area (Å²) in [6.07, 6.45) is 0.769. The molecule has 7 heteroatoms. The third-order valence-corrected chi connectivity index (χ3v) is 2.92. The van der Waals surface area contributed by atoms with E-state index in [1.165, 1.54) is 14.0 Å². The summed E-state index contributed by atoms with van der Waals surface area (Å²) >= 11 is 0. The standard InChI is InChI=1S/C11H20N4O3/c1-9(16)14-4-3-5-15(7-6-14)10(17)8-13-11(18)12-2/h3-8H2,1-2H3,(H2,12,13,18). The van der Waals surface area contributed by atoms with Crippen LogP contribution in [0.25, 0.3) is 0 Å². The first kappa shape index (κ1) is 14.3. The fraction of sp³-hybridized carbons (Fsp3) is 0.727. The highest BCUT2D eigenvalue weighted by Crippen LogP contribution is 2.03. The summed E-state index contributed by atoms with van der Waals surface area (Å²) in [5, 5.41) is 4.85. The van der Waals surface area contributed by atoms with Gasteiger partial charge in [-0.15, -0.1) is 0 Å². The van der Waals surface area contributed by atoms with Crippen LogP contribution in [0.1, 0.15) is 13.3 Å². The van der Waals surface area contributed by atoms with Crippen LogP contribution >= 0.6 is 0 Å². The number of urea groups is 1. The average molecular weight is 256 g/mol. The summed E-state index contributed by atoms with van der Waals surface area (Å²) in [5.41, 5.74) is 0. The van der Waals surface area contributed by atoms with Gasteiger partial charge in [0.1, 0.15) is 0 Å². The quantitative estimate of drug-likeness (QED) is 0.664. The molecule has 0 aliphatic carbocycles. The molecule has 0 saturated carbocycles. The van der Waals surface area contributed by atoms with E-state index >= 15 is 0 Å². The molecule has 0 unspecified atom stereocenters. The van der Waals surface area contributed by atoms with Crippen LogP contribution < -0.4 is 10.6 Å². The SMILES string of the molecule is CNC(=O)NCC(=O)N1CCCN(C(C)=O)CC1. The monoisotopic (exact) mass is 256 g/mol. The van der Waals surface area contributed by atoms with Crippen LogP contribution in [0.4, 0.5) is 4.79 Å². The zero-order valence-electron chi connectivity index (χ0n) is 10.9. The smallest absolute Gasteiger partial charge is 0.314 e. The van der Waals surface area contributed by atoms with Gasteiger partial charge in [0.15, 0.2) is 0 Å². The van der Waals surface area contributed by atoms with E-state index in [9.17, 15) is 14.4 Å². The highest BCUT2D eigenvalue weighted by Gasteiger charge is 2.20. The Bertz CT molecular complexity index is 332. The lowest BCUT2D eigenvalue weighted by molar-refractivity contribution is -0.131. The average Bonchev–Trinajstić information content (AvgIpc) is 2.61. The van der Waals surface area contributed by atoms with E-state index in [1.54, 1.807) is 9.80 Å². The molecule has 0 radical (unpaired) electrons. The van der Waals surface area contributed by atoms with E-state index in [-0.39, 0.29) is 24.4 Å². The van der Waals surface area contributed by atoms with Crippen molar-refractivity contribution in [1.82, 2.24) is 20.4 Å². The fourth-order valence-electron chi connectivity index (χ4n) is 1.84. The van der Waals surface area contributed by atoms with Crippen molar-refractivity contribution >= 4 is 17.8 Å². The number of hydrogen-bond acceptors (Lipinski definition) is 3. The first-order chi connectivity index (χ1) is 8.54. The van der Waals surface area contributed by atoms with Crippen LogP contribution in [-0.4, -0.2) is 67.4 Å². The molecule has 1 saturated heterocycles. The number of carbonyl (C=O) groups is 3. The number of nitrogens with zero attached hydrogens (tertiary/aromatic N) is 2. The predicted octanol–water partition coefficient (Wildman–Crippen LogP) is -1.00. The molecule has 1 aliphatic rings. The minimum atomic E-state index is -0.372. The molecule has 7 nitrogen and oxygen atoms in total. The highest BCUT2D eigenvalue weighted by atomic mass is 16.2. The van der Waals surface area contributed by atoms with E-state index in [0.29, 0.717) is 26.2 Å². The predicted molar refractivity (Wildman–Crippen MR) is 65.9 cm³/mol. The van der Waals surface area contributed by atoms with Crippen molar-refractivity contribution in [1.29, 1.82) is 0 Å². The first-order valence-corrected chi connectivity index (χ1v) is 6.03. The Labute approximate surface area is 106 Å². The fourth-order valence-corrected chi connectivity index (χ4v) is 1.84. The lowest BCUT2D eigenvalue weighted by atomic mass is 10.3. The molecule has 2 N–H and O–H groups in total. The molecule has 1 aliphatic heterocycles. The molecule has 18 heavy (non-hydrogen) atoms. The topological polar surface area (TPSA) is 81.8 Å². The third-order valence-electron chi connectivity index (χ3n) is 2.92. The molecule has 0 aromatic carbocycles. The normalized spacial score (nSPS) is 15.9. The Kier molecular flexibility index (Phi) is 5.41. The molecular formula is C11H20N4O3. The van der Waals surface area contributed by atoms with E-state index in [2.05, 4.69) is 10.6 Å². The van der Waals surface area contributed by atoms with Crippen molar-refractivity contribution in [2.45, 2.75) is 13.3 Å². The van der Waals surface area contributed by atoms with Gasteiger partial charge in [0, 0.05) is 40.2 Å². The van der Waals surface area contributed by atoms with E-state index in [4.69, 9.17) is 0 Å². The van der Waals surface area contributed by atoms with Crippen LogP contribution in [0.5, 0.6) is 0 Å². The Morgan fingerprint density at radius 2 is 1.67 bits per heavy atom. The van der Waals surface area contributed by atoms with Crippen molar-refractivity contribution in [2.75, 3.05) is 39.8 Å². The van der Waals surface area contributed by atoms with Gasteiger partial charge >= 0.3 is 6.03 Å². The van der Waals surface area contributed by atoms with Crippen molar-refractivity contribution in [3.63, 3.8) is 0 Å². The molecule has 1 heterocycles. The molecule has 0 aromatic heterocycles. The molecule has 0 aromatic rings. The maximum Gasteiger partial charge on any atom is 0.314 e. The van der Waals surface area contributed by atoms with Gasteiger partial charge in [-0.2, -0.15) is 0 Å². The Morgan fingerprint density at radius 1 is 1.06 bits per heavy atom. The maximum absolute atomic E-state index is 11.8. The highest BCUT2D eigenvalue weighted by molar-refractivity contribution is 5.84. The molecule has 0 atom stereocenters. The van der Waals surface area contributed by atoms with Gasteiger partial charge in [0.05, 0.1) is 6.54 Å². The van der Waals surface area contributed by atoms with E-state index in [1.807, 2.05) is 0 Å². The van der Waals surface area contributed by atoms with Crippen LogP contribution in [0, 0.1) is 0 Å². The van der Waals surface area contributed by atoms with Crippen LogP contribution in [0.15, 0.2) is 0 Å². The maximum atomic E-state index is 11.8. The summed E-state index contributed by atoms with van der Waals surface area (Å²) in [7, 11) is 1.50. The van der Waals surface area contributed by atoms with Crippen molar-refractivity contribution in [3.05, 3.63) is 0 Å². The van der Waals surface area contributed by atoms with Crippen molar-refractivity contribution < 1.29 is 14.4 Å². The summed E-state index contributed by atoms with van der Waals surface area (Å²) in [6.45, 7) is 3.90. The molecule has 4 amide bonds. The van der Waals surface area contributed by atoms with Gasteiger partial charge in [-0.3, -0.25) is 9.59 Å². The van der Waals surface area contributed by atoms with Crippen LogP contribution in [0.2, 0.25) is 0 Å².